The van der Waals surface area contributed by atoms with Gasteiger partial charge in [-0.15, -0.1) is 0 Å². The zero-order valence-corrected chi connectivity index (χ0v) is 9.78. The van der Waals surface area contributed by atoms with E-state index in [0.29, 0.717) is 16.1 Å². The van der Waals surface area contributed by atoms with E-state index in [2.05, 4.69) is 9.97 Å². The van der Waals surface area contributed by atoms with Gasteiger partial charge < -0.3 is 5.11 Å². The summed E-state index contributed by atoms with van der Waals surface area (Å²) in [6.07, 6.45) is 1.29. The number of hydrogen-bond acceptors (Lipinski definition) is 3. The molecule has 0 unspecified atom stereocenters. The van der Waals surface area contributed by atoms with Crippen LogP contribution in [0.4, 0.5) is 0 Å². The summed E-state index contributed by atoms with van der Waals surface area (Å²) < 4.78 is 0. The van der Waals surface area contributed by atoms with Crippen molar-refractivity contribution < 1.29 is 5.11 Å². The predicted octanol–water partition coefficient (Wildman–Crippen LogP) is 1.61. The Kier molecular flexibility index (Phi) is 3.50. The van der Waals surface area contributed by atoms with Gasteiger partial charge in [-0.3, -0.25) is 0 Å². The van der Waals surface area contributed by atoms with Crippen LogP contribution in [-0.4, -0.2) is 44.6 Å². The quantitative estimate of drug-likeness (QED) is 0.662. The molecule has 2 aromatic rings. The number of aromatic nitrogens is 2. The zero-order valence-electron chi connectivity index (χ0n) is 7.03. The Bertz CT molecular complexity index is 394. The third-order valence-corrected chi connectivity index (χ3v) is 1.73. The molecule has 0 fully saturated rings. The van der Waals surface area contributed by atoms with Crippen LogP contribution in [0.1, 0.15) is 0 Å². The van der Waals surface area contributed by atoms with E-state index < -0.39 is 0 Å². The van der Waals surface area contributed by atoms with Crippen LogP contribution in [-0.2, 0) is 0 Å². The van der Waals surface area contributed by atoms with Crippen LogP contribution in [0.15, 0.2) is 24.4 Å². The van der Waals surface area contributed by atoms with Gasteiger partial charge in [-0.05, 0) is 18.2 Å². The van der Waals surface area contributed by atoms with Crippen LogP contribution in [0.25, 0.3) is 11.0 Å². The van der Waals surface area contributed by atoms with Crippen LogP contribution in [0.5, 0.6) is 5.88 Å². The van der Waals surface area contributed by atoms with Crippen molar-refractivity contribution in [2.45, 2.75) is 0 Å². The molecule has 1 aromatic heterocycles. The summed E-state index contributed by atoms with van der Waals surface area (Å²) in [6.45, 7) is 0. The molecular weight excluding hydrogens is 199 g/mol. The van der Waals surface area contributed by atoms with Gasteiger partial charge in [0.05, 0.1) is 17.2 Å². The summed E-state index contributed by atoms with van der Waals surface area (Å²) in [7, 11) is 0. The fourth-order valence-corrected chi connectivity index (χ4v) is 1.14. The van der Waals surface area contributed by atoms with Crippen molar-refractivity contribution in [3.05, 3.63) is 29.4 Å². The van der Waals surface area contributed by atoms with Crippen molar-refractivity contribution in [2.24, 2.45) is 0 Å². The maximum atomic E-state index is 8.99. The number of rotatable bonds is 0. The molecule has 0 bridgehead atoms. The summed E-state index contributed by atoms with van der Waals surface area (Å²) in [4.78, 5) is 7.80. The Hall–Kier alpha value is -0.350. The number of benzene rings is 1. The Morgan fingerprint density at radius 1 is 1.23 bits per heavy atom. The van der Waals surface area contributed by atoms with Gasteiger partial charge in [0.15, 0.2) is 0 Å². The fourth-order valence-electron chi connectivity index (χ4n) is 0.974. The van der Waals surface area contributed by atoms with Crippen molar-refractivity contribution >= 4 is 52.2 Å². The molecule has 5 heteroatoms. The molecule has 0 aliphatic rings. The molecule has 0 amide bonds. The molecule has 0 aliphatic heterocycles. The normalized spacial score (nSPS) is 9.62. The number of hydrogen-bond donors (Lipinski definition) is 1. The van der Waals surface area contributed by atoms with Crippen molar-refractivity contribution in [1.29, 1.82) is 0 Å². The summed E-state index contributed by atoms with van der Waals surface area (Å²) in [5.41, 5.74) is 1.32. The van der Waals surface area contributed by atoms with Gasteiger partial charge in [0.25, 0.3) is 0 Å². The number of aromatic hydroxyl groups is 1. The third kappa shape index (κ3) is 2.31. The van der Waals surface area contributed by atoms with E-state index in [9.17, 15) is 0 Å². The van der Waals surface area contributed by atoms with Gasteiger partial charge in [0.1, 0.15) is 0 Å². The summed E-state index contributed by atoms with van der Waals surface area (Å²) >= 11 is 5.73. The first kappa shape index (κ1) is 10.7. The predicted molar refractivity (Wildman–Crippen MR) is 52.0 cm³/mol. The van der Waals surface area contributed by atoms with Gasteiger partial charge in [-0.25, -0.2) is 9.97 Å². The molecular formula is C8H5ClN2NaO. The zero-order chi connectivity index (χ0) is 8.55. The summed E-state index contributed by atoms with van der Waals surface area (Å²) in [5, 5.41) is 9.61. The average Bonchev–Trinajstić information content (AvgIpc) is 2.05. The molecule has 2 rings (SSSR count). The van der Waals surface area contributed by atoms with Gasteiger partial charge in [-0.1, -0.05) is 11.6 Å². The first-order valence-electron chi connectivity index (χ1n) is 3.37. The molecule has 1 heterocycles. The summed E-state index contributed by atoms with van der Waals surface area (Å²) in [6, 6.07) is 5.12. The van der Waals surface area contributed by atoms with Crippen LogP contribution in [0.2, 0.25) is 5.02 Å². The third-order valence-electron chi connectivity index (χ3n) is 1.49. The van der Waals surface area contributed by atoms with E-state index >= 15 is 0 Å². The van der Waals surface area contributed by atoms with Crippen LogP contribution < -0.4 is 0 Å². The topological polar surface area (TPSA) is 46.0 Å². The first-order chi connectivity index (χ1) is 5.75. The van der Waals surface area contributed by atoms with E-state index in [0.717, 1.165) is 0 Å². The summed E-state index contributed by atoms with van der Waals surface area (Å²) in [5.74, 6) is -0.0789. The monoisotopic (exact) mass is 203 g/mol. The van der Waals surface area contributed by atoms with E-state index in [1.54, 1.807) is 18.2 Å². The van der Waals surface area contributed by atoms with Gasteiger partial charge >= 0.3 is 0 Å². The Morgan fingerprint density at radius 2 is 2.00 bits per heavy atom. The second-order valence-corrected chi connectivity index (χ2v) is 2.80. The van der Waals surface area contributed by atoms with Crippen molar-refractivity contribution in [3.63, 3.8) is 0 Å². The Balaban J connectivity index is 0.000000845. The molecule has 13 heavy (non-hydrogen) atoms. The molecule has 3 nitrogen and oxygen atoms in total. The van der Waals surface area contributed by atoms with E-state index in [4.69, 9.17) is 16.7 Å². The smallest absolute Gasteiger partial charge is 0.230 e. The molecule has 0 saturated carbocycles. The van der Waals surface area contributed by atoms with E-state index in [-0.39, 0.29) is 35.4 Å². The van der Waals surface area contributed by atoms with Crippen LogP contribution in [0.3, 0.4) is 0 Å². The second kappa shape index (κ2) is 4.24. The molecule has 1 aromatic carbocycles. The fraction of sp³-hybridized carbons (Fsp3) is 0. The van der Waals surface area contributed by atoms with Gasteiger partial charge in [0, 0.05) is 34.6 Å². The maximum Gasteiger partial charge on any atom is 0.230 e. The van der Waals surface area contributed by atoms with Crippen LogP contribution in [0, 0.1) is 0 Å². The molecule has 61 valence electrons. The van der Waals surface area contributed by atoms with E-state index in [1.807, 2.05) is 0 Å². The molecule has 1 N–H and O–H groups in total. The molecule has 0 atom stereocenters. The minimum absolute atomic E-state index is 0. The first-order valence-corrected chi connectivity index (χ1v) is 3.75. The number of fused-ring (bicyclic) bond motifs is 1. The molecule has 0 spiro atoms. The Labute approximate surface area is 102 Å². The van der Waals surface area contributed by atoms with Crippen LogP contribution >= 0.6 is 11.6 Å². The van der Waals surface area contributed by atoms with Crippen molar-refractivity contribution in [2.75, 3.05) is 0 Å². The van der Waals surface area contributed by atoms with Gasteiger partial charge in [0.2, 0.25) is 5.88 Å². The SMILES string of the molecule is Oc1cnc2cc(Cl)ccc2n1.[Na]. The number of nitrogens with zero attached hydrogens (tertiary/aromatic N) is 2. The second-order valence-electron chi connectivity index (χ2n) is 2.36. The number of halogens is 1. The molecule has 1 radical (unpaired) electrons. The minimum Gasteiger partial charge on any atom is -0.492 e. The van der Waals surface area contributed by atoms with Crippen molar-refractivity contribution in [1.82, 2.24) is 9.97 Å². The standard InChI is InChI=1S/C8H5ClN2O.Na/c9-5-1-2-6-7(3-5)10-4-8(12)11-6;/h1-4H,(H,11,12);. The largest absolute Gasteiger partial charge is 0.492 e. The average molecular weight is 204 g/mol. The van der Waals surface area contributed by atoms with Crippen molar-refractivity contribution in [3.8, 4) is 5.88 Å². The minimum atomic E-state index is -0.0789. The molecule has 0 saturated heterocycles. The molecule has 0 aliphatic carbocycles. The van der Waals surface area contributed by atoms with E-state index in [1.165, 1.54) is 6.20 Å². The Morgan fingerprint density at radius 3 is 2.77 bits per heavy atom. The van der Waals surface area contributed by atoms with Gasteiger partial charge in [-0.2, -0.15) is 0 Å². The maximum absolute atomic E-state index is 8.99.